The van der Waals surface area contributed by atoms with E-state index in [9.17, 15) is 9.90 Å². The number of hydrogen-bond donors (Lipinski definition) is 2. The molecule has 0 bridgehead atoms. The predicted octanol–water partition coefficient (Wildman–Crippen LogP) is 2.39. The zero-order valence-corrected chi connectivity index (χ0v) is 11.0. The molecule has 5 heteroatoms. The minimum Gasteiger partial charge on any atom is -0.478 e. The van der Waals surface area contributed by atoms with Gasteiger partial charge in [0, 0.05) is 30.7 Å². The number of aromatic nitrogens is 2. The van der Waals surface area contributed by atoms with Crippen molar-refractivity contribution in [3.8, 4) is 0 Å². The predicted molar refractivity (Wildman–Crippen MR) is 73.5 cm³/mol. The van der Waals surface area contributed by atoms with E-state index in [1.807, 2.05) is 30.7 Å². The van der Waals surface area contributed by atoms with Gasteiger partial charge in [-0.05, 0) is 31.5 Å². The van der Waals surface area contributed by atoms with E-state index in [4.69, 9.17) is 0 Å². The normalized spacial score (nSPS) is 12.1. The second-order valence-electron chi connectivity index (χ2n) is 4.66. The summed E-state index contributed by atoms with van der Waals surface area (Å²) in [6.45, 7) is 4.68. The largest absolute Gasteiger partial charge is 0.478 e. The molecule has 2 rings (SSSR count). The number of benzene rings is 1. The van der Waals surface area contributed by atoms with Crippen LogP contribution in [0.1, 0.15) is 22.8 Å². The highest BCUT2D eigenvalue weighted by Crippen LogP contribution is 2.19. The number of rotatable bonds is 5. The van der Waals surface area contributed by atoms with E-state index in [1.165, 1.54) is 0 Å². The lowest BCUT2D eigenvalue weighted by Crippen LogP contribution is -2.22. The van der Waals surface area contributed by atoms with Gasteiger partial charge in [-0.25, -0.2) is 9.78 Å². The fraction of sp³-hybridized carbons (Fsp3) is 0.286. The van der Waals surface area contributed by atoms with Crippen LogP contribution in [0, 0.1) is 6.92 Å². The molecule has 0 spiro atoms. The summed E-state index contributed by atoms with van der Waals surface area (Å²) < 4.78 is 1.95. The summed E-state index contributed by atoms with van der Waals surface area (Å²) in [5, 5.41) is 12.4. The number of aromatic carboxylic acids is 1. The Kier molecular flexibility index (Phi) is 3.85. The van der Waals surface area contributed by atoms with Crippen molar-refractivity contribution in [2.75, 3.05) is 5.32 Å². The van der Waals surface area contributed by atoms with Crippen LogP contribution in [0.5, 0.6) is 0 Å². The number of aryl methyl sites for hydroxylation is 1. The van der Waals surface area contributed by atoms with Gasteiger partial charge in [0.2, 0.25) is 0 Å². The van der Waals surface area contributed by atoms with E-state index >= 15 is 0 Å². The molecule has 2 aromatic rings. The van der Waals surface area contributed by atoms with E-state index in [2.05, 4.69) is 10.3 Å². The molecule has 0 amide bonds. The molecule has 0 aliphatic heterocycles. The molecule has 1 heterocycles. The van der Waals surface area contributed by atoms with Crippen LogP contribution >= 0.6 is 0 Å². The molecule has 0 aliphatic rings. The maximum absolute atomic E-state index is 11.2. The van der Waals surface area contributed by atoms with E-state index in [0.29, 0.717) is 11.3 Å². The number of carbonyl (C=O) groups is 1. The van der Waals surface area contributed by atoms with Crippen LogP contribution in [0.3, 0.4) is 0 Å². The highest BCUT2D eigenvalue weighted by molar-refractivity contribution is 5.94. The Bertz CT molecular complexity index is 564. The Morgan fingerprint density at radius 3 is 2.95 bits per heavy atom. The van der Waals surface area contributed by atoms with Crippen molar-refractivity contribution in [1.82, 2.24) is 9.55 Å². The van der Waals surface area contributed by atoms with Crippen molar-refractivity contribution >= 4 is 11.7 Å². The SMILES string of the molecule is Cc1ccc(C(=O)O)c(NC(C)Cn2ccnc2)c1. The third-order valence-electron chi connectivity index (χ3n) is 2.85. The third-order valence-corrected chi connectivity index (χ3v) is 2.85. The third kappa shape index (κ3) is 3.34. The molecule has 1 aromatic carbocycles. The monoisotopic (exact) mass is 259 g/mol. The molecule has 2 N–H and O–H groups in total. The van der Waals surface area contributed by atoms with Gasteiger partial charge in [-0.3, -0.25) is 0 Å². The minimum absolute atomic E-state index is 0.106. The lowest BCUT2D eigenvalue weighted by atomic mass is 10.1. The molecular weight excluding hydrogens is 242 g/mol. The van der Waals surface area contributed by atoms with Gasteiger partial charge in [0.15, 0.2) is 0 Å². The van der Waals surface area contributed by atoms with Crippen LogP contribution in [0.25, 0.3) is 0 Å². The first kappa shape index (κ1) is 13.1. The molecule has 0 saturated carbocycles. The van der Waals surface area contributed by atoms with Gasteiger partial charge in [-0.1, -0.05) is 6.07 Å². The fourth-order valence-electron chi connectivity index (χ4n) is 1.99. The number of hydrogen-bond acceptors (Lipinski definition) is 3. The molecular formula is C14H17N3O2. The number of anilines is 1. The summed E-state index contributed by atoms with van der Waals surface area (Å²) in [7, 11) is 0. The van der Waals surface area contributed by atoms with Gasteiger partial charge < -0.3 is 15.0 Å². The zero-order valence-electron chi connectivity index (χ0n) is 11.0. The summed E-state index contributed by atoms with van der Waals surface area (Å²) in [5.41, 5.74) is 1.98. The molecule has 100 valence electrons. The maximum atomic E-state index is 11.2. The Balaban J connectivity index is 2.13. The highest BCUT2D eigenvalue weighted by Gasteiger charge is 2.12. The van der Waals surface area contributed by atoms with Gasteiger partial charge in [-0.2, -0.15) is 0 Å². The molecule has 0 fully saturated rings. The van der Waals surface area contributed by atoms with Gasteiger partial charge in [0.25, 0.3) is 0 Å². The van der Waals surface area contributed by atoms with Crippen molar-refractivity contribution in [2.24, 2.45) is 0 Å². The molecule has 1 unspecified atom stereocenters. The van der Waals surface area contributed by atoms with Gasteiger partial charge in [0.1, 0.15) is 0 Å². The Morgan fingerprint density at radius 2 is 2.32 bits per heavy atom. The quantitative estimate of drug-likeness (QED) is 0.865. The maximum Gasteiger partial charge on any atom is 0.337 e. The van der Waals surface area contributed by atoms with Crippen LogP contribution < -0.4 is 5.32 Å². The average molecular weight is 259 g/mol. The van der Waals surface area contributed by atoms with Gasteiger partial charge in [0.05, 0.1) is 11.9 Å². The van der Waals surface area contributed by atoms with Crippen molar-refractivity contribution < 1.29 is 9.90 Å². The van der Waals surface area contributed by atoms with Crippen molar-refractivity contribution in [3.05, 3.63) is 48.0 Å². The second-order valence-corrected chi connectivity index (χ2v) is 4.66. The number of carboxylic acid groups (broad SMARTS) is 1. The summed E-state index contributed by atoms with van der Waals surface area (Å²) >= 11 is 0. The topological polar surface area (TPSA) is 67.2 Å². The lowest BCUT2D eigenvalue weighted by Gasteiger charge is -2.17. The van der Waals surface area contributed by atoms with Crippen LogP contribution in [0.4, 0.5) is 5.69 Å². The molecule has 0 saturated heterocycles. The molecule has 0 aliphatic carbocycles. The van der Waals surface area contributed by atoms with E-state index in [1.54, 1.807) is 24.7 Å². The first-order valence-electron chi connectivity index (χ1n) is 6.12. The molecule has 1 aromatic heterocycles. The number of nitrogens with one attached hydrogen (secondary N) is 1. The van der Waals surface area contributed by atoms with Crippen LogP contribution in [-0.2, 0) is 6.54 Å². The van der Waals surface area contributed by atoms with E-state index in [0.717, 1.165) is 12.1 Å². The minimum atomic E-state index is -0.919. The summed E-state index contributed by atoms with van der Waals surface area (Å²) in [6.07, 6.45) is 5.35. The van der Waals surface area contributed by atoms with Crippen molar-refractivity contribution in [3.63, 3.8) is 0 Å². The molecule has 5 nitrogen and oxygen atoms in total. The van der Waals surface area contributed by atoms with E-state index in [-0.39, 0.29) is 6.04 Å². The molecule has 19 heavy (non-hydrogen) atoms. The standard InChI is InChI=1S/C14H17N3O2/c1-10-3-4-12(14(18)19)13(7-10)16-11(2)8-17-6-5-15-9-17/h3-7,9,11,16H,8H2,1-2H3,(H,18,19). The van der Waals surface area contributed by atoms with Crippen molar-refractivity contribution in [2.45, 2.75) is 26.4 Å². The Morgan fingerprint density at radius 1 is 1.53 bits per heavy atom. The molecule has 0 radical (unpaired) electrons. The summed E-state index contributed by atoms with van der Waals surface area (Å²) in [6, 6.07) is 5.39. The van der Waals surface area contributed by atoms with Gasteiger partial charge in [-0.15, -0.1) is 0 Å². The lowest BCUT2D eigenvalue weighted by molar-refractivity contribution is 0.0698. The van der Waals surface area contributed by atoms with Gasteiger partial charge >= 0.3 is 5.97 Å². The van der Waals surface area contributed by atoms with E-state index < -0.39 is 5.97 Å². The Hall–Kier alpha value is -2.30. The first-order valence-corrected chi connectivity index (χ1v) is 6.12. The highest BCUT2D eigenvalue weighted by atomic mass is 16.4. The first-order chi connectivity index (χ1) is 9.06. The number of carboxylic acids is 1. The zero-order chi connectivity index (χ0) is 13.8. The Labute approximate surface area is 111 Å². The van der Waals surface area contributed by atoms with Crippen LogP contribution in [0.15, 0.2) is 36.9 Å². The molecule has 1 atom stereocenters. The number of nitrogens with zero attached hydrogens (tertiary/aromatic N) is 2. The summed E-state index contributed by atoms with van der Waals surface area (Å²) in [4.78, 5) is 15.2. The van der Waals surface area contributed by atoms with Crippen LogP contribution in [0.2, 0.25) is 0 Å². The second kappa shape index (κ2) is 5.56. The summed E-state index contributed by atoms with van der Waals surface area (Å²) in [5.74, 6) is -0.919. The number of imidazole rings is 1. The average Bonchev–Trinajstić information content (AvgIpc) is 2.81. The van der Waals surface area contributed by atoms with Crippen LogP contribution in [-0.4, -0.2) is 26.7 Å². The van der Waals surface area contributed by atoms with Crippen molar-refractivity contribution in [1.29, 1.82) is 0 Å². The fourth-order valence-corrected chi connectivity index (χ4v) is 1.99. The smallest absolute Gasteiger partial charge is 0.337 e.